The Hall–Kier alpha value is -1.96. The number of allylic oxidation sites excluding steroid dienone is 1. The Morgan fingerprint density at radius 1 is 1.42 bits per heavy atom. The van der Waals surface area contributed by atoms with Gasteiger partial charge in [-0.2, -0.15) is 0 Å². The molecule has 0 aromatic carbocycles. The maximum atomic E-state index is 12.7. The number of likely N-dealkylation sites (tertiary alicyclic amines) is 1. The van der Waals surface area contributed by atoms with Crippen LogP contribution in [0.5, 0.6) is 6.01 Å². The predicted molar refractivity (Wildman–Crippen MR) is 95.4 cm³/mol. The second-order valence-corrected chi connectivity index (χ2v) is 9.89. The van der Waals surface area contributed by atoms with Crippen molar-refractivity contribution in [1.29, 1.82) is 0 Å². The summed E-state index contributed by atoms with van der Waals surface area (Å²) >= 11 is 0. The van der Waals surface area contributed by atoms with Gasteiger partial charge in [-0.25, -0.2) is 18.4 Å². The number of amides is 1. The van der Waals surface area contributed by atoms with Crippen LogP contribution in [0.1, 0.15) is 31.4 Å². The number of nitrogens with zero attached hydrogens (tertiary/aromatic N) is 3. The average molecular weight is 377 g/mol. The van der Waals surface area contributed by atoms with E-state index in [9.17, 15) is 13.2 Å². The Bertz CT molecular complexity index is 859. The van der Waals surface area contributed by atoms with Gasteiger partial charge in [0.1, 0.15) is 4.75 Å². The van der Waals surface area contributed by atoms with E-state index in [4.69, 9.17) is 4.74 Å². The summed E-state index contributed by atoms with van der Waals surface area (Å²) in [5, 5.41) is 0. The molecular weight excluding hydrogens is 354 g/mol. The molecule has 1 atom stereocenters. The standard InChI is InChI=1S/C18H23N3O4S/c1-13-6-8-19-17(20-13)25-10-15-7-9-26(23,24)18(15)11-21(12-18)16(22)14-4-2-3-5-14/h4,6,8,15H,2-3,5,7,9-12H2,1H3/t15-/m0/s1. The van der Waals surface area contributed by atoms with Crippen LogP contribution in [-0.4, -0.2) is 59.4 Å². The molecule has 0 unspecified atom stereocenters. The van der Waals surface area contributed by atoms with Crippen molar-refractivity contribution in [3.05, 3.63) is 29.6 Å². The lowest BCUT2D eigenvalue weighted by Gasteiger charge is -2.49. The number of rotatable bonds is 4. The third-order valence-corrected chi connectivity index (χ3v) is 8.41. The van der Waals surface area contributed by atoms with Crippen LogP contribution in [0.3, 0.4) is 0 Å². The number of carbonyl (C=O) groups excluding carboxylic acids is 1. The van der Waals surface area contributed by atoms with Gasteiger partial charge in [-0.3, -0.25) is 4.79 Å². The topological polar surface area (TPSA) is 89.5 Å². The zero-order valence-corrected chi connectivity index (χ0v) is 15.7. The van der Waals surface area contributed by atoms with Crippen molar-refractivity contribution < 1.29 is 17.9 Å². The molecule has 8 heteroatoms. The van der Waals surface area contributed by atoms with Crippen LogP contribution in [0.25, 0.3) is 0 Å². The normalized spacial score (nSPS) is 25.8. The van der Waals surface area contributed by atoms with Gasteiger partial charge in [0, 0.05) is 36.5 Å². The highest BCUT2D eigenvalue weighted by Gasteiger charge is 2.62. The van der Waals surface area contributed by atoms with E-state index in [0.29, 0.717) is 6.42 Å². The molecule has 7 nitrogen and oxygen atoms in total. The second-order valence-electron chi connectivity index (χ2n) is 7.44. The van der Waals surface area contributed by atoms with Gasteiger partial charge in [-0.1, -0.05) is 6.08 Å². The van der Waals surface area contributed by atoms with E-state index in [1.54, 1.807) is 17.2 Å². The fourth-order valence-corrected chi connectivity index (χ4v) is 6.59. The van der Waals surface area contributed by atoms with Crippen LogP contribution < -0.4 is 4.74 Å². The number of hydrogen-bond donors (Lipinski definition) is 0. The van der Waals surface area contributed by atoms with Crippen molar-refractivity contribution in [1.82, 2.24) is 14.9 Å². The lowest BCUT2D eigenvalue weighted by atomic mass is 9.83. The summed E-state index contributed by atoms with van der Waals surface area (Å²) in [5.74, 6) is 0.00981. The first-order valence-electron chi connectivity index (χ1n) is 9.04. The summed E-state index contributed by atoms with van der Waals surface area (Å²) in [6, 6.07) is 2.05. The summed E-state index contributed by atoms with van der Waals surface area (Å²) in [4.78, 5) is 22.5. The van der Waals surface area contributed by atoms with Gasteiger partial charge in [0.05, 0.1) is 12.4 Å². The Kier molecular flexibility index (Phi) is 4.25. The number of hydrogen-bond acceptors (Lipinski definition) is 6. The molecule has 0 saturated carbocycles. The minimum Gasteiger partial charge on any atom is -0.463 e. The molecule has 1 amide bonds. The van der Waals surface area contributed by atoms with E-state index in [1.807, 2.05) is 13.0 Å². The molecule has 26 heavy (non-hydrogen) atoms. The van der Waals surface area contributed by atoms with Crippen LogP contribution in [-0.2, 0) is 14.6 Å². The highest BCUT2D eigenvalue weighted by molar-refractivity contribution is 7.93. The molecule has 3 heterocycles. The van der Waals surface area contributed by atoms with Crippen molar-refractivity contribution in [2.24, 2.45) is 5.92 Å². The third kappa shape index (κ3) is 2.80. The van der Waals surface area contributed by atoms with E-state index in [2.05, 4.69) is 9.97 Å². The molecule has 140 valence electrons. The molecule has 1 aromatic heterocycles. The summed E-state index contributed by atoms with van der Waals surface area (Å²) < 4.78 is 30.2. The van der Waals surface area contributed by atoms with Crippen molar-refractivity contribution in [2.75, 3.05) is 25.4 Å². The predicted octanol–water partition coefficient (Wildman–Crippen LogP) is 1.29. The van der Waals surface area contributed by atoms with Gasteiger partial charge in [-0.05, 0) is 38.7 Å². The van der Waals surface area contributed by atoms with Gasteiger partial charge < -0.3 is 9.64 Å². The number of aromatic nitrogens is 2. The molecule has 2 fully saturated rings. The summed E-state index contributed by atoms with van der Waals surface area (Å²) in [7, 11) is -3.24. The fraction of sp³-hybridized carbons (Fsp3) is 0.611. The molecule has 4 rings (SSSR count). The van der Waals surface area contributed by atoms with Crippen molar-refractivity contribution in [3.8, 4) is 6.01 Å². The Morgan fingerprint density at radius 2 is 2.23 bits per heavy atom. The Morgan fingerprint density at radius 3 is 2.92 bits per heavy atom. The first-order chi connectivity index (χ1) is 12.4. The van der Waals surface area contributed by atoms with E-state index in [-0.39, 0.29) is 43.3 Å². The first-order valence-corrected chi connectivity index (χ1v) is 10.7. The minimum absolute atomic E-state index is 0.00286. The smallest absolute Gasteiger partial charge is 0.316 e. The Labute approximate surface area is 153 Å². The third-order valence-electron chi connectivity index (χ3n) is 5.80. The monoisotopic (exact) mass is 377 g/mol. The van der Waals surface area contributed by atoms with E-state index >= 15 is 0 Å². The van der Waals surface area contributed by atoms with Crippen LogP contribution in [0.2, 0.25) is 0 Å². The van der Waals surface area contributed by atoms with Crippen molar-refractivity contribution in [2.45, 2.75) is 37.4 Å². The van der Waals surface area contributed by atoms with E-state index < -0.39 is 14.6 Å². The van der Waals surface area contributed by atoms with Crippen LogP contribution in [0.4, 0.5) is 0 Å². The molecule has 2 aliphatic heterocycles. The zero-order chi connectivity index (χ0) is 18.4. The molecule has 0 N–H and O–H groups in total. The molecule has 3 aliphatic rings. The molecule has 0 radical (unpaired) electrons. The summed E-state index contributed by atoms with van der Waals surface area (Å²) in [5.41, 5.74) is 1.63. The highest BCUT2D eigenvalue weighted by atomic mass is 32.2. The van der Waals surface area contributed by atoms with Gasteiger partial charge >= 0.3 is 6.01 Å². The zero-order valence-electron chi connectivity index (χ0n) is 14.8. The number of carbonyl (C=O) groups is 1. The lowest BCUT2D eigenvalue weighted by molar-refractivity contribution is -0.133. The average Bonchev–Trinajstić information content (AvgIpc) is 3.17. The first kappa shape index (κ1) is 17.5. The van der Waals surface area contributed by atoms with Gasteiger partial charge in [0.15, 0.2) is 9.84 Å². The van der Waals surface area contributed by atoms with Crippen molar-refractivity contribution >= 4 is 15.7 Å². The number of sulfone groups is 1. The van der Waals surface area contributed by atoms with Gasteiger partial charge in [-0.15, -0.1) is 0 Å². The van der Waals surface area contributed by atoms with E-state index in [1.165, 1.54) is 0 Å². The lowest BCUT2D eigenvalue weighted by Crippen LogP contribution is -2.69. The molecule has 1 aliphatic carbocycles. The molecular formula is C18H23N3O4S. The minimum atomic E-state index is -3.24. The van der Waals surface area contributed by atoms with Gasteiger partial charge in [0.2, 0.25) is 5.91 Å². The van der Waals surface area contributed by atoms with E-state index in [0.717, 1.165) is 30.5 Å². The molecule has 1 spiro atoms. The highest BCUT2D eigenvalue weighted by Crippen LogP contribution is 2.45. The summed E-state index contributed by atoms with van der Waals surface area (Å²) in [6.07, 6.45) is 6.89. The van der Waals surface area contributed by atoms with Gasteiger partial charge in [0.25, 0.3) is 0 Å². The molecule has 0 bridgehead atoms. The summed E-state index contributed by atoms with van der Waals surface area (Å²) in [6.45, 7) is 2.65. The Balaban J connectivity index is 1.45. The van der Waals surface area contributed by atoms with Crippen molar-refractivity contribution in [3.63, 3.8) is 0 Å². The molecule has 1 aromatic rings. The molecule has 2 saturated heterocycles. The quantitative estimate of drug-likeness (QED) is 0.785. The van der Waals surface area contributed by atoms with Crippen LogP contribution in [0.15, 0.2) is 23.9 Å². The van der Waals surface area contributed by atoms with Crippen LogP contribution in [0, 0.1) is 12.8 Å². The fourth-order valence-electron chi connectivity index (χ4n) is 4.19. The number of ether oxygens (including phenoxy) is 1. The maximum absolute atomic E-state index is 12.7. The van der Waals surface area contributed by atoms with Crippen LogP contribution >= 0.6 is 0 Å². The SMILES string of the molecule is Cc1ccnc(OC[C@@H]2CCS(=O)(=O)C23CN(C(=O)C2=CCCC2)C3)n1. The number of aryl methyl sites for hydroxylation is 1. The largest absolute Gasteiger partial charge is 0.463 e. The second kappa shape index (κ2) is 6.33. The maximum Gasteiger partial charge on any atom is 0.316 e.